The molecule has 0 saturated carbocycles. The van der Waals surface area contributed by atoms with Crippen LogP contribution in [0.3, 0.4) is 0 Å². The third-order valence-electron chi connectivity index (χ3n) is 1.61. The maximum atomic E-state index is 11.2. The first kappa shape index (κ1) is 11.5. The summed E-state index contributed by atoms with van der Waals surface area (Å²) < 4.78 is 26.4. The molecule has 1 atom stereocenters. The van der Waals surface area contributed by atoms with Gasteiger partial charge in [-0.2, -0.15) is 5.90 Å². The zero-order valence-corrected chi connectivity index (χ0v) is 8.23. The number of benzene rings is 1. The van der Waals surface area contributed by atoms with Gasteiger partial charge in [0.05, 0.1) is 13.8 Å². The molecule has 1 aromatic rings. The highest BCUT2D eigenvalue weighted by atomic mass is 32.3. The predicted molar refractivity (Wildman–Crippen MR) is 48.5 cm³/mol. The second-order valence-electron chi connectivity index (χ2n) is 2.56. The fourth-order valence-corrected chi connectivity index (χ4v) is 1.75. The highest BCUT2D eigenvalue weighted by molar-refractivity contribution is 7.93. The lowest BCUT2D eigenvalue weighted by Gasteiger charge is -1.97. The highest BCUT2D eigenvalue weighted by Gasteiger charge is 2.44. The molecule has 0 aromatic heterocycles. The van der Waals surface area contributed by atoms with Crippen molar-refractivity contribution in [3.63, 3.8) is 0 Å². The van der Waals surface area contributed by atoms with Gasteiger partial charge in [-0.05, 0) is 10.3 Å². The lowest BCUT2D eigenvalue weighted by Crippen LogP contribution is -2.52. The summed E-state index contributed by atoms with van der Waals surface area (Å²) in [5, 5.41) is 10.5. The molecule has 1 unspecified atom stereocenters. The number of nitro groups is 1. The van der Waals surface area contributed by atoms with Crippen LogP contribution in [0.5, 0.6) is 0 Å². The molecule has 0 aliphatic rings. The summed E-state index contributed by atoms with van der Waals surface area (Å²) in [7, 11) is -4.23. The van der Waals surface area contributed by atoms with E-state index in [1.165, 1.54) is 6.07 Å². The predicted octanol–water partition coefficient (Wildman–Crippen LogP) is -0.531. The van der Waals surface area contributed by atoms with Gasteiger partial charge in [-0.3, -0.25) is 10.1 Å². The second kappa shape index (κ2) is 3.90. The van der Waals surface area contributed by atoms with Gasteiger partial charge in [-0.1, -0.05) is 0 Å². The summed E-state index contributed by atoms with van der Waals surface area (Å²) in [6.07, 6.45) is 0. The number of rotatable bonds is 3. The zero-order chi connectivity index (χ0) is 11.6. The number of nitrogens with two attached hydrogens (primary N) is 1. The number of nitrogens with zero attached hydrogens (tertiary/aromatic N) is 1. The molecule has 0 aliphatic heterocycles. The standard InChI is InChI=1S/C6H8N3O5S/c7-4-1-2-5(9(10)11)6(3-4)15(12,13)14-8/h1-3H,7H2,8H3/q+2. The molecule has 0 saturated heterocycles. The van der Waals surface area contributed by atoms with Crippen LogP contribution in [0.2, 0.25) is 0 Å². The lowest BCUT2D eigenvalue weighted by molar-refractivity contribution is -0.637. The van der Waals surface area contributed by atoms with Gasteiger partial charge in [-0.25, -0.2) is 0 Å². The number of nitrogen functional groups attached to an aromatic ring is 1. The van der Waals surface area contributed by atoms with Gasteiger partial charge in [0.25, 0.3) is 0 Å². The van der Waals surface area contributed by atoms with Crippen molar-refractivity contribution in [2.75, 3.05) is 5.73 Å². The fraction of sp³-hybridized carbons (Fsp3) is 0. The molecule has 0 spiro atoms. The Bertz CT molecular complexity index is 448. The molecule has 0 heterocycles. The van der Waals surface area contributed by atoms with E-state index < -0.39 is 26.0 Å². The molecule has 0 aliphatic carbocycles. The van der Waals surface area contributed by atoms with Gasteiger partial charge in [0.15, 0.2) is 0 Å². The van der Waals surface area contributed by atoms with Crippen LogP contribution in [-0.2, 0) is 23.5 Å². The SMILES string of the molecule is Nc1ccc([N+](=O)[O-])c([S+]([O])(=O)O[NH3+])c1. The topological polar surface area (TPSA) is 143 Å². The van der Waals surface area contributed by atoms with Crippen molar-refractivity contribution in [1.29, 1.82) is 0 Å². The summed E-state index contributed by atoms with van der Waals surface area (Å²) >= 11 is 0. The maximum Gasteiger partial charge on any atom is 0.489 e. The number of anilines is 1. The Morgan fingerprint density at radius 1 is 1.53 bits per heavy atom. The molecule has 8 nitrogen and oxygen atoms in total. The van der Waals surface area contributed by atoms with Crippen LogP contribution in [-0.4, -0.2) is 4.92 Å². The first-order valence-electron chi connectivity index (χ1n) is 3.61. The molecule has 1 aromatic carbocycles. The van der Waals surface area contributed by atoms with E-state index in [1.54, 1.807) is 0 Å². The second-order valence-corrected chi connectivity index (χ2v) is 4.14. The molecule has 15 heavy (non-hydrogen) atoms. The van der Waals surface area contributed by atoms with E-state index in [1.807, 2.05) is 0 Å². The normalized spacial score (nSPS) is 14.5. The summed E-state index contributed by atoms with van der Waals surface area (Å²) in [5.41, 5.74) is 4.79. The van der Waals surface area contributed by atoms with Crippen LogP contribution in [0.4, 0.5) is 11.4 Å². The van der Waals surface area contributed by atoms with E-state index in [0.29, 0.717) is 0 Å². The molecular formula is C6H8N3O5S+2. The molecule has 1 rings (SSSR count). The Morgan fingerprint density at radius 3 is 2.60 bits per heavy atom. The van der Waals surface area contributed by atoms with Crippen molar-refractivity contribution in [1.82, 2.24) is 0 Å². The molecule has 0 bridgehead atoms. The number of quaternary nitrogens is 1. The number of hydrogen-bond acceptors (Lipinski definition) is 5. The van der Waals surface area contributed by atoms with Gasteiger partial charge in [-0.15, -0.1) is 0 Å². The van der Waals surface area contributed by atoms with Crippen molar-refractivity contribution < 1.29 is 23.9 Å². The molecule has 5 N–H and O–H groups in total. The van der Waals surface area contributed by atoms with Crippen molar-refractivity contribution in [3.05, 3.63) is 28.3 Å². The monoisotopic (exact) mass is 234 g/mol. The van der Waals surface area contributed by atoms with Crippen LogP contribution in [0.1, 0.15) is 0 Å². The first-order chi connectivity index (χ1) is 6.88. The number of hydrogen-bond donors (Lipinski definition) is 2. The average molecular weight is 234 g/mol. The van der Waals surface area contributed by atoms with Gasteiger partial charge < -0.3 is 5.73 Å². The Balaban J connectivity index is 3.44. The zero-order valence-electron chi connectivity index (χ0n) is 7.41. The van der Waals surface area contributed by atoms with Gasteiger partial charge in [0, 0.05) is 17.8 Å². The summed E-state index contributed by atoms with van der Waals surface area (Å²) in [6.45, 7) is 0. The van der Waals surface area contributed by atoms with E-state index in [4.69, 9.17) is 5.73 Å². The quantitative estimate of drug-likeness (QED) is 0.312. The van der Waals surface area contributed by atoms with Crippen LogP contribution >= 0.6 is 0 Å². The van der Waals surface area contributed by atoms with E-state index in [-0.39, 0.29) is 5.69 Å². The maximum absolute atomic E-state index is 11.2. The third kappa shape index (κ3) is 2.27. The van der Waals surface area contributed by atoms with Crippen molar-refractivity contribution >= 4 is 21.9 Å². The molecule has 9 heteroatoms. The minimum atomic E-state index is -4.23. The molecule has 0 fully saturated rings. The Morgan fingerprint density at radius 2 is 2.13 bits per heavy atom. The minimum absolute atomic E-state index is 0.0798. The van der Waals surface area contributed by atoms with Crippen LogP contribution in [0, 0.1) is 10.1 Å². The summed E-state index contributed by atoms with van der Waals surface area (Å²) in [6, 6.07) is 3.15. The lowest BCUT2D eigenvalue weighted by atomic mass is 10.3. The summed E-state index contributed by atoms with van der Waals surface area (Å²) in [4.78, 5) is 9.07. The first-order valence-corrected chi connectivity index (χ1v) is 5.02. The number of nitro benzene ring substituents is 1. The Hall–Kier alpha value is -1.55. The van der Waals surface area contributed by atoms with E-state index in [9.17, 15) is 18.9 Å². The van der Waals surface area contributed by atoms with Crippen LogP contribution in [0.25, 0.3) is 0 Å². The fourth-order valence-electron chi connectivity index (χ4n) is 0.945. The van der Waals surface area contributed by atoms with E-state index in [2.05, 4.69) is 10.2 Å². The molecule has 0 amide bonds. The summed E-state index contributed by atoms with van der Waals surface area (Å²) in [5.74, 6) is 2.71. The average Bonchev–Trinajstić information content (AvgIpc) is 2.17. The van der Waals surface area contributed by atoms with Gasteiger partial charge in [0.1, 0.15) is 0 Å². The molecular weight excluding hydrogens is 226 g/mol. The molecule has 81 valence electrons. The van der Waals surface area contributed by atoms with Crippen molar-refractivity contribution in [3.8, 4) is 0 Å². The minimum Gasteiger partial charge on any atom is -0.399 e. The van der Waals surface area contributed by atoms with Crippen LogP contribution in [0.15, 0.2) is 23.1 Å². The van der Waals surface area contributed by atoms with Crippen molar-refractivity contribution in [2.45, 2.75) is 4.90 Å². The molecule has 1 radical (unpaired) electrons. The third-order valence-corrected chi connectivity index (χ3v) is 2.78. The van der Waals surface area contributed by atoms with Crippen LogP contribution < -0.4 is 11.6 Å². The van der Waals surface area contributed by atoms with E-state index in [0.717, 1.165) is 12.1 Å². The van der Waals surface area contributed by atoms with Gasteiger partial charge >= 0.3 is 21.1 Å². The van der Waals surface area contributed by atoms with Gasteiger partial charge in [0.2, 0.25) is 0 Å². The smallest absolute Gasteiger partial charge is 0.399 e. The van der Waals surface area contributed by atoms with Crippen molar-refractivity contribution in [2.24, 2.45) is 0 Å². The Labute approximate surface area is 85.4 Å². The van der Waals surface area contributed by atoms with E-state index >= 15 is 0 Å². The highest BCUT2D eigenvalue weighted by Crippen LogP contribution is 2.29. The Kier molecular flexibility index (Phi) is 3.00. The largest absolute Gasteiger partial charge is 0.489 e.